The topological polar surface area (TPSA) is 17.1 Å². The van der Waals surface area contributed by atoms with Crippen molar-refractivity contribution >= 4 is 30.3 Å². The van der Waals surface area contributed by atoms with Gasteiger partial charge in [0, 0.05) is 0 Å². The summed E-state index contributed by atoms with van der Waals surface area (Å²) in [7, 11) is 0. The van der Waals surface area contributed by atoms with Crippen LogP contribution in [0, 0.1) is 20.8 Å². The van der Waals surface area contributed by atoms with Gasteiger partial charge in [0.05, 0.1) is 0 Å². The SMILES string of the molecule is Cc1cc(C)c([Te]CC(=O)c2ccccc2)c(C)c1. The molecule has 0 radical (unpaired) electrons. The van der Waals surface area contributed by atoms with Crippen LogP contribution in [0.4, 0.5) is 0 Å². The Kier molecular flexibility index (Phi) is 4.80. The standard InChI is InChI=1S/C17H18OTe/c1-12-9-13(2)17(14(3)10-12)19-11-16(18)15-7-5-4-6-8-15/h4-10H,11H2,1-3H3. The van der Waals surface area contributed by atoms with E-state index >= 15 is 0 Å². The first-order valence-corrected chi connectivity index (χ1v) is 9.18. The molecule has 0 aliphatic rings. The van der Waals surface area contributed by atoms with Gasteiger partial charge in [-0.05, 0) is 0 Å². The Morgan fingerprint density at radius 1 is 1.00 bits per heavy atom. The third kappa shape index (κ3) is 3.69. The van der Waals surface area contributed by atoms with Gasteiger partial charge in [0.1, 0.15) is 0 Å². The fraction of sp³-hybridized carbons (Fsp3) is 0.235. The average molecular weight is 366 g/mol. The van der Waals surface area contributed by atoms with Crippen molar-refractivity contribution < 1.29 is 4.79 Å². The van der Waals surface area contributed by atoms with Crippen LogP contribution in [0.15, 0.2) is 42.5 Å². The van der Waals surface area contributed by atoms with Crippen LogP contribution in [-0.4, -0.2) is 26.7 Å². The molecule has 0 saturated carbocycles. The van der Waals surface area contributed by atoms with Gasteiger partial charge in [0.2, 0.25) is 0 Å². The maximum absolute atomic E-state index is 12.1. The Morgan fingerprint density at radius 2 is 1.58 bits per heavy atom. The molecule has 2 rings (SSSR count). The average Bonchev–Trinajstić information content (AvgIpc) is 2.38. The number of hydrogen-bond acceptors (Lipinski definition) is 1. The molecule has 2 aromatic rings. The maximum atomic E-state index is 12.1. The molecule has 0 aliphatic carbocycles. The van der Waals surface area contributed by atoms with Gasteiger partial charge in [-0.15, -0.1) is 0 Å². The molecule has 0 spiro atoms. The minimum absolute atomic E-state index is 0.280. The number of ketones is 1. The summed E-state index contributed by atoms with van der Waals surface area (Å²) < 4.78 is 2.15. The first-order chi connectivity index (χ1) is 9.08. The minimum atomic E-state index is -0.440. The second-order valence-electron chi connectivity index (χ2n) is 4.81. The number of rotatable bonds is 4. The molecular weight excluding hydrogens is 348 g/mol. The van der Waals surface area contributed by atoms with Crippen molar-refractivity contribution in [3.8, 4) is 0 Å². The molecule has 0 heterocycles. The summed E-state index contributed by atoms with van der Waals surface area (Å²) in [4.78, 5) is 12.1. The van der Waals surface area contributed by atoms with Crippen molar-refractivity contribution in [3.63, 3.8) is 0 Å². The van der Waals surface area contributed by atoms with E-state index in [1.165, 1.54) is 20.3 Å². The monoisotopic (exact) mass is 368 g/mol. The van der Waals surface area contributed by atoms with Gasteiger partial charge in [-0.3, -0.25) is 0 Å². The van der Waals surface area contributed by atoms with Crippen LogP contribution in [0.25, 0.3) is 0 Å². The van der Waals surface area contributed by atoms with E-state index in [1.54, 1.807) is 0 Å². The van der Waals surface area contributed by atoms with Crippen molar-refractivity contribution in [2.45, 2.75) is 25.2 Å². The zero-order valence-corrected chi connectivity index (χ0v) is 13.9. The third-order valence-corrected chi connectivity index (χ3v) is 6.87. The van der Waals surface area contributed by atoms with E-state index in [0.717, 1.165) is 5.56 Å². The summed E-state index contributed by atoms with van der Waals surface area (Å²) in [5.74, 6) is 0.280. The van der Waals surface area contributed by atoms with Gasteiger partial charge in [0.25, 0.3) is 0 Å². The molecule has 0 N–H and O–H groups in total. The molecule has 0 bridgehead atoms. The van der Waals surface area contributed by atoms with Gasteiger partial charge in [-0.2, -0.15) is 0 Å². The molecule has 19 heavy (non-hydrogen) atoms. The summed E-state index contributed by atoms with van der Waals surface area (Å²) >= 11 is -0.440. The molecule has 0 unspecified atom stereocenters. The van der Waals surface area contributed by atoms with Gasteiger partial charge < -0.3 is 0 Å². The van der Waals surface area contributed by atoms with E-state index in [9.17, 15) is 4.79 Å². The molecule has 0 saturated heterocycles. The summed E-state index contributed by atoms with van der Waals surface area (Å²) in [6, 6.07) is 14.1. The summed E-state index contributed by atoms with van der Waals surface area (Å²) in [5.41, 5.74) is 4.84. The van der Waals surface area contributed by atoms with Gasteiger partial charge in [0.15, 0.2) is 0 Å². The number of aryl methyl sites for hydroxylation is 3. The van der Waals surface area contributed by atoms with E-state index in [1.807, 2.05) is 30.3 Å². The molecule has 0 fully saturated rings. The van der Waals surface area contributed by atoms with E-state index in [2.05, 4.69) is 32.9 Å². The van der Waals surface area contributed by atoms with Crippen molar-refractivity contribution in [3.05, 3.63) is 64.7 Å². The Bertz CT molecular complexity index is 564. The molecule has 0 aromatic heterocycles. The van der Waals surface area contributed by atoms with Crippen LogP contribution in [0.3, 0.4) is 0 Å². The number of carbonyl (C=O) groups is 1. The summed E-state index contributed by atoms with van der Waals surface area (Å²) in [5, 5.41) is 0. The van der Waals surface area contributed by atoms with Crippen molar-refractivity contribution in [2.75, 3.05) is 0 Å². The normalized spacial score (nSPS) is 10.5. The fourth-order valence-electron chi connectivity index (χ4n) is 2.24. The van der Waals surface area contributed by atoms with Crippen LogP contribution in [0.1, 0.15) is 27.0 Å². The van der Waals surface area contributed by atoms with Crippen LogP contribution in [-0.2, 0) is 0 Å². The number of hydrogen-bond donors (Lipinski definition) is 0. The first kappa shape index (κ1) is 14.3. The van der Waals surface area contributed by atoms with Gasteiger partial charge in [-0.1, -0.05) is 0 Å². The molecule has 2 aromatic carbocycles. The zero-order valence-electron chi connectivity index (χ0n) is 11.6. The fourth-order valence-corrected chi connectivity index (χ4v) is 5.14. The Labute approximate surface area is 125 Å². The Hall–Kier alpha value is -1.10. The molecule has 2 heteroatoms. The van der Waals surface area contributed by atoms with E-state index in [4.69, 9.17) is 0 Å². The predicted octanol–water partition coefficient (Wildman–Crippen LogP) is 3.24. The quantitative estimate of drug-likeness (QED) is 0.600. The summed E-state index contributed by atoms with van der Waals surface area (Å²) in [6.07, 6.45) is 0. The number of benzene rings is 2. The molecule has 0 atom stereocenters. The van der Waals surface area contributed by atoms with Crippen LogP contribution in [0.2, 0.25) is 4.47 Å². The van der Waals surface area contributed by atoms with Crippen molar-refractivity contribution in [1.29, 1.82) is 0 Å². The van der Waals surface area contributed by atoms with Crippen LogP contribution < -0.4 is 3.61 Å². The zero-order chi connectivity index (χ0) is 13.8. The first-order valence-electron chi connectivity index (χ1n) is 6.37. The molecular formula is C17H18OTe. The molecule has 0 amide bonds. The second kappa shape index (κ2) is 6.37. The molecule has 1 nitrogen and oxygen atoms in total. The van der Waals surface area contributed by atoms with Crippen molar-refractivity contribution in [2.24, 2.45) is 0 Å². The third-order valence-electron chi connectivity index (χ3n) is 3.05. The van der Waals surface area contributed by atoms with Crippen LogP contribution >= 0.6 is 0 Å². The van der Waals surface area contributed by atoms with E-state index < -0.39 is 20.9 Å². The van der Waals surface area contributed by atoms with Crippen molar-refractivity contribution in [1.82, 2.24) is 0 Å². The van der Waals surface area contributed by atoms with Gasteiger partial charge in [-0.25, -0.2) is 0 Å². The molecule has 98 valence electrons. The number of Topliss-reactive ketones (excluding diaryl/α,β-unsaturated/α-hetero) is 1. The predicted molar refractivity (Wildman–Crippen MR) is 81.6 cm³/mol. The van der Waals surface area contributed by atoms with E-state index in [-0.39, 0.29) is 5.78 Å². The second-order valence-corrected chi connectivity index (χ2v) is 7.62. The summed E-state index contributed by atoms with van der Waals surface area (Å²) in [6.45, 7) is 6.44. The van der Waals surface area contributed by atoms with Gasteiger partial charge >= 0.3 is 125 Å². The molecule has 0 aliphatic heterocycles. The number of carbonyl (C=O) groups excluding carboxylic acids is 1. The Morgan fingerprint density at radius 3 is 2.16 bits per heavy atom. The van der Waals surface area contributed by atoms with Crippen LogP contribution in [0.5, 0.6) is 0 Å². The Balaban J connectivity index is 2.10. The van der Waals surface area contributed by atoms with E-state index in [0.29, 0.717) is 4.47 Å².